The lowest BCUT2D eigenvalue weighted by Gasteiger charge is -2.10. The third-order valence-corrected chi connectivity index (χ3v) is 4.76. The van der Waals surface area contributed by atoms with Gasteiger partial charge in [-0.2, -0.15) is 0 Å². The Kier molecular flexibility index (Phi) is 6.07. The molecule has 33 heavy (non-hydrogen) atoms. The lowest BCUT2D eigenvalue weighted by atomic mass is 10.3. The number of pyridine rings is 3. The van der Waals surface area contributed by atoms with Crippen molar-refractivity contribution < 1.29 is 9.53 Å². The number of nitrogens with one attached hydrogen (secondary N) is 2. The maximum atomic E-state index is 12.4. The number of anilines is 3. The van der Waals surface area contributed by atoms with E-state index in [0.717, 1.165) is 11.4 Å². The van der Waals surface area contributed by atoms with Crippen LogP contribution in [0.15, 0.2) is 66.0 Å². The molecule has 0 aliphatic heterocycles. The monoisotopic (exact) mass is 443 g/mol. The van der Waals surface area contributed by atoms with Crippen molar-refractivity contribution in [1.82, 2.24) is 24.5 Å². The van der Waals surface area contributed by atoms with E-state index in [2.05, 4.69) is 30.6 Å². The quantitative estimate of drug-likeness (QED) is 0.465. The van der Waals surface area contributed by atoms with Crippen molar-refractivity contribution >= 4 is 23.2 Å². The highest BCUT2D eigenvalue weighted by molar-refractivity contribution is 6.03. The van der Waals surface area contributed by atoms with Gasteiger partial charge in [0, 0.05) is 43.1 Å². The van der Waals surface area contributed by atoms with Crippen molar-refractivity contribution in [3.8, 4) is 11.5 Å². The maximum Gasteiger partial charge on any atom is 0.266 e. The van der Waals surface area contributed by atoms with E-state index >= 15 is 0 Å². The van der Waals surface area contributed by atoms with Gasteiger partial charge in [0.2, 0.25) is 0 Å². The Morgan fingerprint density at radius 3 is 2.48 bits per heavy atom. The molecule has 0 aliphatic rings. The minimum absolute atomic E-state index is 0.0635. The van der Waals surface area contributed by atoms with E-state index in [4.69, 9.17) is 4.74 Å². The molecule has 10 nitrogen and oxygen atoms in total. The molecular weight excluding hydrogens is 422 g/mol. The third kappa shape index (κ3) is 5.18. The van der Waals surface area contributed by atoms with Crippen molar-refractivity contribution in [2.75, 3.05) is 10.6 Å². The van der Waals surface area contributed by atoms with E-state index in [9.17, 15) is 9.59 Å². The van der Waals surface area contributed by atoms with Crippen molar-refractivity contribution in [2.45, 2.75) is 13.8 Å². The van der Waals surface area contributed by atoms with Crippen LogP contribution in [0.25, 0.3) is 0 Å². The predicted molar refractivity (Wildman–Crippen MR) is 123 cm³/mol. The number of carbonyl (C=O) groups excluding carboxylic acids is 1. The second-order valence-electron chi connectivity index (χ2n) is 7.21. The molecule has 0 saturated carbocycles. The van der Waals surface area contributed by atoms with Crippen molar-refractivity contribution in [3.63, 3.8) is 0 Å². The number of amides is 1. The summed E-state index contributed by atoms with van der Waals surface area (Å²) >= 11 is 0. The van der Waals surface area contributed by atoms with Gasteiger partial charge < -0.3 is 15.4 Å². The minimum Gasteiger partial charge on any atom is -0.456 e. The van der Waals surface area contributed by atoms with E-state index in [0.29, 0.717) is 23.1 Å². The zero-order valence-electron chi connectivity index (χ0n) is 18.2. The van der Waals surface area contributed by atoms with Crippen molar-refractivity contribution in [3.05, 3.63) is 88.6 Å². The van der Waals surface area contributed by atoms with Gasteiger partial charge in [0.1, 0.15) is 34.5 Å². The van der Waals surface area contributed by atoms with E-state index in [-0.39, 0.29) is 11.4 Å². The van der Waals surface area contributed by atoms with Crippen LogP contribution in [0.1, 0.15) is 21.9 Å². The molecule has 0 radical (unpaired) electrons. The summed E-state index contributed by atoms with van der Waals surface area (Å²) in [7, 11) is 1.56. The predicted octanol–water partition coefficient (Wildman–Crippen LogP) is 3.37. The van der Waals surface area contributed by atoms with E-state index in [1.54, 1.807) is 50.6 Å². The highest BCUT2D eigenvalue weighted by Crippen LogP contribution is 2.24. The molecule has 166 valence electrons. The van der Waals surface area contributed by atoms with Gasteiger partial charge in [0.15, 0.2) is 0 Å². The first-order valence-electron chi connectivity index (χ1n) is 10.0. The smallest absolute Gasteiger partial charge is 0.266 e. The van der Waals surface area contributed by atoms with Gasteiger partial charge in [0.25, 0.3) is 11.5 Å². The Hall–Kier alpha value is -4.60. The second-order valence-corrected chi connectivity index (χ2v) is 7.21. The van der Waals surface area contributed by atoms with Crippen LogP contribution in [0.2, 0.25) is 0 Å². The number of ether oxygens (including phenoxy) is 1. The average molecular weight is 443 g/mol. The molecule has 4 aromatic heterocycles. The summed E-state index contributed by atoms with van der Waals surface area (Å²) in [5.41, 5.74) is 1.27. The number of carbonyl (C=O) groups is 1. The summed E-state index contributed by atoms with van der Waals surface area (Å²) in [5.74, 6) is 1.86. The largest absolute Gasteiger partial charge is 0.456 e. The molecule has 0 bridgehead atoms. The Labute approximate surface area is 189 Å². The molecule has 4 heterocycles. The summed E-state index contributed by atoms with van der Waals surface area (Å²) in [4.78, 5) is 41.4. The van der Waals surface area contributed by atoms with Crippen LogP contribution in [0.3, 0.4) is 0 Å². The second kappa shape index (κ2) is 9.27. The SMILES string of the molecule is Cc1cc(Nc2cc(Oc3ccc(NC(=O)c4cnc(C)n(C)c4=O)nc3)ccn2)ccn1. The lowest BCUT2D eigenvalue weighted by Crippen LogP contribution is -2.29. The number of hydrogen-bond acceptors (Lipinski definition) is 8. The summed E-state index contributed by atoms with van der Waals surface area (Å²) < 4.78 is 7.15. The van der Waals surface area contributed by atoms with Gasteiger partial charge in [-0.25, -0.2) is 15.0 Å². The molecule has 4 aromatic rings. The molecule has 0 saturated heterocycles. The van der Waals surface area contributed by atoms with Crippen LogP contribution in [0.4, 0.5) is 17.3 Å². The summed E-state index contributed by atoms with van der Waals surface area (Å²) in [6, 6.07) is 10.5. The molecule has 4 rings (SSSR count). The summed E-state index contributed by atoms with van der Waals surface area (Å²) in [6.45, 7) is 3.60. The van der Waals surface area contributed by atoms with Gasteiger partial charge in [0.05, 0.1) is 6.20 Å². The Morgan fingerprint density at radius 1 is 0.909 bits per heavy atom. The first-order chi connectivity index (χ1) is 15.9. The highest BCUT2D eigenvalue weighted by Gasteiger charge is 2.14. The molecule has 0 aromatic carbocycles. The number of rotatable bonds is 6. The highest BCUT2D eigenvalue weighted by atomic mass is 16.5. The Morgan fingerprint density at radius 2 is 1.73 bits per heavy atom. The lowest BCUT2D eigenvalue weighted by molar-refractivity contribution is 0.102. The van der Waals surface area contributed by atoms with Gasteiger partial charge in [-0.3, -0.25) is 19.1 Å². The van der Waals surface area contributed by atoms with Crippen molar-refractivity contribution in [2.24, 2.45) is 7.05 Å². The maximum absolute atomic E-state index is 12.4. The normalized spacial score (nSPS) is 10.5. The zero-order chi connectivity index (χ0) is 23.4. The topological polar surface area (TPSA) is 124 Å². The van der Waals surface area contributed by atoms with E-state index in [1.807, 2.05) is 19.1 Å². The molecular formula is C23H21N7O3. The summed E-state index contributed by atoms with van der Waals surface area (Å²) in [5, 5.41) is 5.80. The van der Waals surface area contributed by atoms with Crippen LogP contribution < -0.4 is 20.9 Å². The first-order valence-corrected chi connectivity index (χ1v) is 10.0. The third-order valence-electron chi connectivity index (χ3n) is 4.76. The van der Waals surface area contributed by atoms with Gasteiger partial charge in [-0.05, 0) is 44.2 Å². The molecule has 0 aliphatic carbocycles. The zero-order valence-corrected chi connectivity index (χ0v) is 18.2. The fourth-order valence-electron chi connectivity index (χ4n) is 2.93. The Balaban J connectivity index is 1.42. The van der Waals surface area contributed by atoms with Crippen LogP contribution in [-0.4, -0.2) is 30.4 Å². The minimum atomic E-state index is -0.583. The van der Waals surface area contributed by atoms with Gasteiger partial charge >= 0.3 is 0 Å². The molecule has 0 unspecified atom stereocenters. The van der Waals surface area contributed by atoms with E-state index < -0.39 is 11.5 Å². The average Bonchev–Trinajstić information content (AvgIpc) is 2.79. The standard InChI is InChI=1S/C23H21N7O3/c1-14-10-16(6-8-24-14)28-21-11-17(7-9-25-21)33-18-4-5-20(27-12-18)29-22(31)19-13-26-15(2)30(3)23(19)32/h4-13H,1-3H3,(H,24,25,28)(H,27,29,31). The van der Waals surface area contributed by atoms with Crippen LogP contribution in [-0.2, 0) is 7.05 Å². The number of aryl methyl sites for hydroxylation is 2. The van der Waals surface area contributed by atoms with Crippen LogP contribution in [0, 0.1) is 13.8 Å². The van der Waals surface area contributed by atoms with E-state index in [1.165, 1.54) is 17.0 Å². The summed E-state index contributed by atoms with van der Waals surface area (Å²) in [6.07, 6.45) is 6.08. The fraction of sp³-hybridized carbons (Fsp3) is 0.130. The molecule has 0 atom stereocenters. The number of nitrogens with zero attached hydrogens (tertiary/aromatic N) is 5. The molecule has 1 amide bonds. The van der Waals surface area contributed by atoms with Gasteiger partial charge in [-0.15, -0.1) is 0 Å². The van der Waals surface area contributed by atoms with Crippen LogP contribution in [0.5, 0.6) is 11.5 Å². The number of hydrogen-bond donors (Lipinski definition) is 2. The molecule has 0 fully saturated rings. The molecule has 10 heteroatoms. The first kappa shape index (κ1) is 21.6. The van der Waals surface area contributed by atoms with Crippen LogP contribution >= 0.6 is 0 Å². The molecule has 2 N–H and O–H groups in total. The molecule has 0 spiro atoms. The van der Waals surface area contributed by atoms with Crippen molar-refractivity contribution in [1.29, 1.82) is 0 Å². The Bertz CT molecular complexity index is 1370. The fourth-order valence-corrected chi connectivity index (χ4v) is 2.93. The number of aromatic nitrogens is 5. The van der Waals surface area contributed by atoms with Gasteiger partial charge in [-0.1, -0.05) is 0 Å².